The number of anilines is 4. The van der Waals surface area contributed by atoms with Gasteiger partial charge in [-0.05, 0) is 69.9 Å². The van der Waals surface area contributed by atoms with Crippen molar-refractivity contribution >= 4 is 63.6 Å². The third kappa shape index (κ3) is 8.64. The van der Waals surface area contributed by atoms with Crippen LogP contribution >= 0.6 is 0 Å². The highest BCUT2D eigenvalue weighted by molar-refractivity contribution is 6.25. The molecule has 2 N–H and O–H groups in total. The number of carbonyl (C=O) groups excluding carboxylic acids is 5. The van der Waals surface area contributed by atoms with Gasteiger partial charge < -0.3 is 20.3 Å². The number of nitrogens with one attached hydrogen (secondary N) is 2. The number of aromatic nitrogens is 7. The summed E-state index contributed by atoms with van der Waals surface area (Å²) in [6, 6.07) is 7.89. The van der Waals surface area contributed by atoms with E-state index in [1.165, 1.54) is 6.92 Å². The summed E-state index contributed by atoms with van der Waals surface area (Å²) in [5.41, 5.74) is 3.85. The molecule has 4 aromatic heterocycles. The molecule has 5 aromatic rings. The van der Waals surface area contributed by atoms with E-state index >= 15 is 0 Å². The highest BCUT2D eigenvalue weighted by Gasteiger charge is 2.47. The highest BCUT2D eigenvalue weighted by atomic mass is 16.5. The Morgan fingerprint density at radius 1 is 0.924 bits per heavy atom. The molecule has 4 amide bonds. The number of fused-ring (bicyclic) bond motifs is 2. The standard InChI is InChI=1S/C46H53N13O7/c1-4-57-38(61)15-13-36(43(57)63)59-42(62)33-10-7-11-35(40(33)45(59)65)47-16-22-66-23-21-56-27-30(52-53-56)26-54-17-19-55(20-18-54)32-12-14-37(48-24-32)50-46-49-25-34-28(2)39(29(3)60)44(64)58(41(34)51-46)31-8-5-6-9-31/h7,10-12,14,24-25,27,31,36,47H,4-6,8-9,13,15-23,26H2,1-3H3,(H,48,49,50,51). The summed E-state index contributed by atoms with van der Waals surface area (Å²) in [6.45, 7) is 10.7. The lowest BCUT2D eigenvalue weighted by Gasteiger charge is -2.35. The molecule has 1 saturated carbocycles. The summed E-state index contributed by atoms with van der Waals surface area (Å²) in [7, 11) is 0. The van der Waals surface area contributed by atoms with Crippen molar-refractivity contribution in [3.8, 4) is 0 Å². The van der Waals surface area contributed by atoms with E-state index in [1.54, 1.807) is 47.5 Å². The molecule has 1 unspecified atom stereocenters. The van der Waals surface area contributed by atoms with Crippen LogP contribution < -0.4 is 21.1 Å². The van der Waals surface area contributed by atoms with Gasteiger partial charge in [0.1, 0.15) is 17.5 Å². The lowest BCUT2D eigenvalue weighted by atomic mass is 10.0. The molecule has 0 spiro atoms. The maximum absolute atomic E-state index is 13.6. The quantitative estimate of drug-likeness (QED) is 0.0818. The van der Waals surface area contributed by atoms with Gasteiger partial charge in [-0.25, -0.2) is 14.6 Å². The number of imide groups is 2. The number of aryl methyl sites for hydroxylation is 1. The number of hydrogen-bond acceptors (Lipinski definition) is 16. The van der Waals surface area contributed by atoms with Gasteiger partial charge >= 0.3 is 0 Å². The van der Waals surface area contributed by atoms with Crippen molar-refractivity contribution in [1.29, 1.82) is 0 Å². The van der Waals surface area contributed by atoms with Crippen molar-refractivity contribution in [1.82, 2.24) is 49.2 Å². The molecule has 2 saturated heterocycles. The fraction of sp³-hybridized carbons (Fsp3) is 0.457. The first kappa shape index (κ1) is 44.3. The molecule has 20 heteroatoms. The second kappa shape index (κ2) is 18.9. The third-order valence-electron chi connectivity index (χ3n) is 13.0. The first-order valence-electron chi connectivity index (χ1n) is 22.7. The number of ketones is 1. The zero-order chi connectivity index (χ0) is 46.1. The number of benzene rings is 1. The number of ether oxygens (including phenoxy) is 1. The summed E-state index contributed by atoms with van der Waals surface area (Å²) >= 11 is 0. The van der Waals surface area contributed by atoms with Gasteiger partial charge in [0.2, 0.25) is 11.9 Å². The Bertz CT molecular complexity index is 2760. The number of rotatable bonds is 16. The Labute approximate surface area is 380 Å². The second-order valence-corrected chi connectivity index (χ2v) is 17.1. The van der Waals surface area contributed by atoms with Gasteiger partial charge in [0.15, 0.2) is 5.78 Å². The van der Waals surface area contributed by atoms with E-state index in [-0.39, 0.29) is 59.4 Å². The molecule has 0 bridgehead atoms. The number of amides is 4. The highest BCUT2D eigenvalue weighted by Crippen LogP contribution is 2.34. The zero-order valence-corrected chi connectivity index (χ0v) is 37.4. The molecular formula is C46H53N13O7. The molecular weight excluding hydrogens is 847 g/mol. The van der Waals surface area contributed by atoms with Crippen LogP contribution in [0.3, 0.4) is 0 Å². The second-order valence-electron chi connectivity index (χ2n) is 17.1. The van der Waals surface area contributed by atoms with E-state index in [4.69, 9.17) is 9.72 Å². The average molecular weight is 900 g/mol. The number of piperidine rings is 1. The van der Waals surface area contributed by atoms with Gasteiger partial charge in [-0.2, -0.15) is 4.98 Å². The Balaban J connectivity index is 0.716. The Hall–Kier alpha value is -6.93. The van der Waals surface area contributed by atoms with Gasteiger partial charge in [-0.1, -0.05) is 24.1 Å². The average Bonchev–Trinajstić information content (AvgIpc) is 4.06. The summed E-state index contributed by atoms with van der Waals surface area (Å²) in [5.74, 6) is -1.25. The van der Waals surface area contributed by atoms with E-state index < -0.39 is 23.8 Å². The summed E-state index contributed by atoms with van der Waals surface area (Å²) in [5, 5.41) is 15.8. The Morgan fingerprint density at radius 2 is 1.73 bits per heavy atom. The molecule has 3 fully saturated rings. The molecule has 66 heavy (non-hydrogen) atoms. The van der Waals surface area contributed by atoms with Crippen LogP contribution in [0.2, 0.25) is 0 Å². The van der Waals surface area contributed by atoms with Crippen LogP contribution in [0.15, 0.2) is 53.7 Å². The molecule has 0 radical (unpaired) electrons. The first-order chi connectivity index (χ1) is 32.0. The number of hydrogen-bond donors (Lipinski definition) is 2. The predicted molar refractivity (Wildman–Crippen MR) is 243 cm³/mol. The molecule has 9 rings (SSSR count). The minimum atomic E-state index is -1.01. The minimum Gasteiger partial charge on any atom is -0.382 e. The van der Waals surface area contributed by atoms with Crippen LogP contribution in [0.25, 0.3) is 11.0 Å². The normalized spacial score (nSPS) is 18.2. The monoisotopic (exact) mass is 899 g/mol. The van der Waals surface area contributed by atoms with Gasteiger partial charge in [0, 0.05) is 81.7 Å². The Kier molecular flexibility index (Phi) is 12.7. The smallest absolute Gasteiger partial charge is 0.264 e. The van der Waals surface area contributed by atoms with Gasteiger partial charge in [0.25, 0.3) is 23.3 Å². The number of nitrogens with zero attached hydrogens (tertiary/aromatic N) is 11. The topological polar surface area (TPSA) is 223 Å². The number of carbonyl (C=O) groups is 5. The van der Waals surface area contributed by atoms with Gasteiger partial charge in [0.05, 0.1) is 54.0 Å². The third-order valence-corrected chi connectivity index (χ3v) is 13.0. The predicted octanol–water partition coefficient (Wildman–Crippen LogP) is 3.73. The fourth-order valence-electron chi connectivity index (χ4n) is 9.63. The van der Waals surface area contributed by atoms with Gasteiger partial charge in [-0.3, -0.25) is 48.0 Å². The number of likely N-dealkylation sites (tertiary alicyclic amines) is 1. The largest absolute Gasteiger partial charge is 0.382 e. The van der Waals surface area contributed by atoms with Crippen LogP contribution in [0.4, 0.5) is 23.1 Å². The van der Waals surface area contributed by atoms with Crippen molar-refractivity contribution in [2.24, 2.45) is 0 Å². The summed E-state index contributed by atoms with van der Waals surface area (Å²) in [4.78, 5) is 98.8. The van der Waals surface area contributed by atoms with E-state index in [1.807, 2.05) is 24.5 Å². The van der Waals surface area contributed by atoms with E-state index in [0.717, 1.165) is 73.0 Å². The number of pyridine rings is 2. The Morgan fingerprint density at radius 3 is 2.47 bits per heavy atom. The van der Waals surface area contributed by atoms with Crippen LogP contribution in [0, 0.1) is 6.92 Å². The molecule has 344 valence electrons. The van der Waals surface area contributed by atoms with Crippen molar-refractivity contribution in [3.63, 3.8) is 0 Å². The number of piperazine rings is 1. The van der Waals surface area contributed by atoms with E-state index in [0.29, 0.717) is 66.9 Å². The van der Waals surface area contributed by atoms with Crippen LogP contribution in [-0.4, -0.2) is 137 Å². The molecule has 7 heterocycles. The van der Waals surface area contributed by atoms with Crippen LogP contribution in [0.1, 0.15) is 101 Å². The molecule has 20 nitrogen and oxygen atoms in total. The van der Waals surface area contributed by atoms with Gasteiger partial charge in [-0.15, -0.1) is 5.10 Å². The maximum Gasteiger partial charge on any atom is 0.264 e. The first-order valence-corrected chi connectivity index (χ1v) is 22.7. The lowest BCUT2D eigenvalue weighted by Crippen LogP contribution is -2.55. The fourth-order valence-corrected chi connectivity index (χ4v) is 9.63. The number of Topliss-reactive ketones (excluding diaryl/α,β-unsaturated/α-hetero) is 1. The summed E-state index contributed by atoms with van der Waals surface area (Å²) < 4.78 is 9.31. The van der Waals surface area contributed by atoms with Crippen LogP contribution in [0.5, 0.6) is 0 Å². The lowest BCUT2D eigenvalue weighted by molar-refractivity contribution is -0.151. The van der Waals surface area contributed by atoms with Crippen LogP contribution in [-0.2, 0) is 27.4 Å². The van der Waals surface area contributed by atoms with Crippen molar-refractivity contribution in [3.05, 3.63) is 87.2 Å². The van der Waals surface area contributed by atoms with Crippen molar-refractivity contribution < 1.29 is 28.7 Å². The zero-order valence-electron chi connectivity index (χ0n) is 37.4. The number of likely N-dealkylation sites (N-methyl/N-ethyl adjacent to an activating group) is 1. The van der Waals surface area contributed by atoms with E-state index in [9.17, 15) is 28.8 Å². The SMILES string of the molecule is CCN1C(=O)CCC(N2C(=O)c3cccc(NCCOCCn4cc(CN5CCN(c6ccc(Nc7ncc8c(C)c(C(C)=O)c(=O)n(C9CCCC9)c8n7)nc6)CC5)nn4)c3C2=O)C1=O. The van der Waals surface area contributed by atoms with Crippen molar-refractivity contribution in [2.75, 3.05) is 68.0 Å². The molecule has 1 atom stereocenters. The molecule has 1 aliphatic carbocycles. The molecule has 4 aliphatic rings. The minimum absolute atomic E-state index is 0.00320. The summed E-state index contributed by atoms with van der Waals surface area (Å²) in [6.07, 6.45) is 9.45. The van der Waals surface area contributed by atoms with E-state index in [2.05, 4.69) is 40.7 Å². The molecule has 3 aliphatic heterocycles. The maximum atomic E-state index is 13.6. The van der Waals surface area contributed by atoms with Crippen molar-refractivity contribution in [2.45, 2.75) is 84.5 Å². The molecule has 1 aromatic carbocycles.